The van der Waals surface area contributed by atoms with Crippen LogP contribution in [0.5, 0.6) is 5.75 Å². The molecule has 10 heteroatoms. The van der Waals surface area contributed by atoms with Crippen molar-refractivity contribution in [3.8, 4) is 17.0 Å². The largest absolute Gasteiger partial charge is 0.497 e. The summed E-state index contributed by atoms with van der Waals surface area (Å²) in [4.78, 5) is 29.1. The van der Waals surface area contributed by atoms with Crippen molar-refractivity contribution in [1.29, 1.82) is 0 Å². The monoisotopic (exact) mass is 603 g/mol. The molecule has 0 bridgehead atoms. The number of benzene rings is 2. The molecule has 3 aromatic rings. The first-order chi connectivity index (χ1) is 20.7. The van der Waals surface area contributed by atoms with Crippen LogP contribution in [0.1, 0.15) is 84.7 Å². The highest BCUT2D eigenvalue weighted by Crippen LogP contribution is 2.66. The van der Waals surface area contributed by atoms with Gasteiger partial charge in [-0.2, -0.15) is 0 Å². The molecule has 2 amide bonds. The maximum atomic E-state index is 14.1. The van der Waals surface area contributed by atoms with Crippen molar-refractivity contribution in [2.24, 2.45) is 5.41 Å². The molecule has 4 fully saturated rings. The van der Waals surface area contributed by atoms with Gasteiger partial charge in [0.15, 0.2) is 0 Å². The van der Waals surface area contributed by atoms with Crippen molar-refractivity contribution >= 4 is 32.7 Å². The lowest BCUT2D eigenvalue weighted by atomic mass is 9.81. The summed E-state index contributed by atoms with van der Waals surface area (Å²) >= 11 is 0. The van der Waals surface area contributed by atoms with Crippen LogP contribution < -0.4 is 9.46 Å². The number of sulfonamides is 1. The number of carbonyl (C=O) groups is 2. The van der Waals surface area contributed by atoms with Crippen LogP contribution in [-0.2, 0) is 21.4 Å². The molecule has 1 saturated heterocycles. The van der Waals surface area contributed by atoms with Crippen LogP contribution in [-0.4, -0.2) is 66.4 Å². The first kappa shape index (κ1) is 27.2. The standard InChI is InChI=1S/C33H37N3O6S/c1-42-22-8-12-24-26(14-22)27-15-33(27,32(39)35-16-21(37)17-35)18-36-28-13-20(31(38)34-43(40,41)23-9-10-23)7-11-25(28)29(30(24)36)19-5-3-2-4-6-19/h7-8,11-14,19,21,23,27,37H,2-6,9-10,15-18H2,1H3,(H,34,38). The van der Waals surface area contributed by atoms with Crippen LogP contribution in [0.15, 0.2) is 36.4 Å². The quantitative estimate of drug-likeness (QED) is 0.435. The molecule has 43 heavy (non-hydrogen) atoms. The Morgan fingerprint density at radius 2 is 1.79 bits per heavy atom. The minimum Gasteiger partial charge on any atom is -0.497 e. The van der Waals surface area contributed by atoms with Gasteiger partial charge in [0, 0.05) is 47.6 Å². The van der Waals surface area contributed by atoms with E-state index in [4.69, 9.17) is 4.74 Å². The van der Waals surface area contributed by atoms with Crippen LogP contribution in [0.2, 0.25) is 0 Å². The Hall–Kier alpha value is -3.37. The van der Waals surface area contributed by atoms with Crippen molar-refractivity contribution in [2.75, 3.05) is 20.2 Å². The molecule has 0 radical (unpaired) electrons. The molecule has 1 aromatic heterocycles. The number of fused-ring (bicyclic) bond motifs is 7. The minimum absolute atomic E-state index is 0.0205. The number of hydrogen-bond donors (Lipinski definition) is 2. The zero-order chi connectivity index (χ0) is 29.7. The van der Waals surface area contributed by atoms with Gasteiger partial charge in [-0.1, -0.05) is 25.3 Å². The second-order valence-corrected chi connectivity index (χ2v) is 15.3. The first-order valence-electron chi connectivity index (χ1n) is 15.6. The molecule has 5 aliphatic rings. The third-order valence-corrected chi connectivity index (χ3v) is 12.4. The lowest BCUT2D eigenvalue weighted by molar-refractivity contribution is -0.148. The molecule has 2 atom stereocenters. The summed E-state index contributed by atoms with van der Waals surface area (Å²) in [5.74, 6) is 0.573. The zero-order valence-corrected chi connectivity index (χ0v) is 25.2. The highest BCUT2D eigenvalue weighted by atomic mass is 32.2. The fraction of sp³-hybridized carbons (Fsp3) is 0.515. The number of ether oxygens (including phenoxy) is 1. The molecule has 2 N–H and O–H groups in total. The van der Waals surface area contributed by atoms with Crippen molar-refractivity contribution in [1.82, 2.24) is 14.2 Å². The van der Waals surface area contributed by atoms with E-state index < -0.39 is 32.7 Å². The predicted molar refractivity (Wildman–Crippen MR) is 162 cm³/mol. The molecule has 2 aromatic carbocycles. The highest BCUT2D eigenvalue weighted by molar-refractivity contribution is 7.91. The van der Waals surface area contributed by atoms with Gasteiger partial charge in [-0.15, -0.1) is 0 Å². The summed E-state index contributed by atoms with van der Waals surface area (Å²) < 4.78 is 35.4. The van der Waals surface area contributed by atoms with Crippen LogP contribution >= 0.6 is 0 Å². The lowest BCUT2D eigenvalue weighted by Gasteiger charge is -2.38. The van der Waals surface area contributed by atoms with Gasteiger partial charge in [0.25, 0.3) is 5.91 Å². The SMILES string of the molecule is COc1ccc2c(c1)C1CC1(C(=O)N1CC(O)C1)Cn1c-2c(C2CCCCC2)c2ccc(C(=O)NS(=O)(=O)C3CC3)cc21. The number of aliphatic hydroxyl groups is 1. The second-order valence-electron chi connectivity index (χ2n) is 13.3. The number of methoxy groups -OCH3 is 1. The van der Waals surface area contributed by atoms with E-state index >= 15 is 0 Å². The average Bonchev–Trinajstić information content (AvgIpc) is 3.91. The Morgan fingerprint density at radius 1 is 1.02 bits per heavy atom. The predicted octanol–water partition coefficient (Wildman–Crippen LogP) is 4.28. The minimum atomic E-state index is -3.69. The number of β-amino-alcohol motifs (C(OH)–C–C–N with tert-alkyl or cyclic N) is 1. The molecular weight excluding hydrogens is 566 g/mol. The molecule has 0 spiro atoms. The number of nitrogens with one attached hydrogen (secondary N) is 1. The van der Waals surface area contributed by atoms with Crippen molar-refractivity contribution in [3.63, 3.8) is 0 Å². The van der Waals surface area contributed by atoms with E-state index in [1.807, 2.05) is 18.2 Å². The van der Waals surface area contributed by atoms with E-state index in [0.29, 0.717) is 50.4 Å². The number of amides is 2. The summed E-state index contributed by atoms with van der Waals surface area (Å²) in [6, 6.07) is 11.7. The topological polar surface area (TPSA) is 118 Å². The number of hydrogen-bond acceptors (Lipinski definition) is 6. The van der Waals surface area contributed by atoms with Gasteiger partial charge >= 0.3 is 0 Å². The van der Waals surface area contributed by atoms with Gasteiger partial charge in [-0.3, -0.25) is 9.59 Å². The van der Waals surface area contributed by atoms with E-state index in [-0.39, 0.29) is 11.8 Å². The summed E-state index contributed by atoms with van der Waals surface area (Å²) in [5, 5.41) is 10.6. The summed E-state index contributed by atoms with van der Waals surface area (Å²) in [6.45, 7) is 1.17. The first-order valence-corrected chi connectivity index (χ1v) is 17.1. The van der Waals surface area contributed by atoms with Crippen molar-refractivity contribution in [3.05, 3.63) is 53.1 Å². The zero-order valence-electron chi connectivity index (χ0n) is 24.3. The summed E-state index contributed by atoms with van der Waals surface area (Å²) in [5.41, 5.74) is 5.08. The van der Waals surface area contributed by atoms with E-state index in [1.165, 1.54) is 12.0 Å². The van der Waals surface area contributed by atoms with Crippen LogP contribution in [0.4, 0.5) is 0 Å². The van der Waals surface area contributed by atoms with Gasteiger partial charge in [-0.25, -0.2) is 13.1 Å². The van der Waals surface area contributed by atoms with E-state index in [2.05, 4.69) is 21.4 Å². The molecule has 2 aliphatic heterocycles. The summed E-state index contributed by atoms with van der Waals surface area (Å²) in [6.07, 6.45) is 7.09. The lowest BCUT2D eigenvalue weighted by Crippen LogP contribution is -2.56. The molecule has 3 saturated carbocycles. The van der Waals surface area contributed by atoms with Crippen LogP contribution in [0.3, 0.4) is 0 Å². The molecule has 226 valence electrons. The average molecular weight is 604 g/mol. The second kappa shape index (κ2) is 9.56. The van der Waals surface area contributed by atoms with Gasteiger partial charge in [-0.05, 0) is 79.5 Å². The Morgan fingerprint density at radius 3 is 2.49 bits per heavy atom. The third-order valence-electron chi connectivity index (χ3n) is 10.6. The molecule has 3 aliphatic carbocycles. The number of rotatable bonds is 6. The molecular formula is C33H37N3O6S. The summed E-state index contributed by atoms with van der Waals surface area (Å²) in [7, 11) is -2.03. The smallest absolute Gasteiger partial charge is 0.264 e. The van der Waals surface area contributed by atoms with Gasteiger partial charge in [0.05, 0.1) is 29.6 Å². The maximum absolute atomic E-state index is 14.1. The van der Waals surface area contributed by atoms with Crippen molar-refractivity contribution < 1.29 is 27.9 Å². The van der Waals surface area contributed by atoms with Gasteiger partial charge in [0.2, 0.25) is 15.9 Å². The van der Waals surface area contributed by atoms with Gasteiger partial charge in [0.1, 0.15) is 5.75 Å². The van der Waals surface area contributed by atoms with Crippen LogP contribution in [0, 0.1) is 5.41 Å². The number of likely N-dealkylation sites (tertiary alicyclic amines) is 1. The maximum Gasteiger partial charge on any atom is 0.264 e. The fourth-order valence-corrected chi connectivity index (χ4v) is 9.31. The Balaban J connectivity index is 1.33. The van der Waals surface area contributed by atoms with Crippen LogP contribution in [0.25, 0.3) is 22.2 Å². The Bertz CT molecular complexity index is 1780. The number of nitrogens with zero attached hydrogens (tertiary/aromatic N) is 2. The highest BCUT2D eigenvalue weighted by Gasteiger charge is 2.64. The van der Waals surface area contributed by atoms with Gasteiger partial charge < -0.3 is 19.3 Å². The molecule has 2 unspecified atom stereocenters. The number of aliphatic hydroxyl groups excluding tert-OH is 1. The molecule has 9 nitrogen and oxygen atoms in total. The normalized spacial score (nSPS) is 25.3. The number of aromatic nitrogens is 1. The Kier molecular flexibility index (Phi) is 6.05. The Labute approximate surface area is 251 Å². The van der Waals surface area contributed by atoms with E-state index in [0.717, 1.165) is 59.2 Å². The molecule has 3 heterocycles. The number of carbonyl (C=O) groups excluding carboxylic acids is 2. The third kappa shape index (κ3) is 4.23. The molecule has 8 rings (SSSR count). The van der Waals surface area contributed by atoms with Crippen molar-refractivity contribution in [2.45, 2.75) is 81.1 Å². The van der Waals surface area contributed by atoms with E-state index in [1.54, 1.807) is 18.1 Å². The fourth-order valence-electron chi connectivity index (χ4n) is 8.01. The van der Waals surface area contributed by atoms with E-state index in [9.17, 15) is 23.1 Å².